The molecule has 0 fully saturated rings. The van der Waals surface area contributed by atoms with E-state index in [0.717, 1.165) is 27.7 Å². The molecule has 2 aromatic carbocycles. The fraction of sp³-hybridized carbons (Fsp3) is 0.0625. The highest BCUT2D eigenvalue weighted by Gasteiger charge is 2.05. The lowest BCUT2D eigenvalue weighted by Crippen LogP contribution is -1.89. The molecule has 88 valence electrons. The Morgan fingerprint density at radius 2 is 1.72 bits per heavy atom. The summed E-state index contributed by atoms with van der Waals surface area (Å²) in [7, 11) is 0. The van der Waals surface area contributed by atoms with Gasteiger partial charge in [-0.05, 0) is 36.8 Å². The molecule has 0 radical (unpaired) electrons. The standard InChI is InChI=1S/C16H12FN/c1-11-9-16(12-5-3-2-4-6-12)18-15-8-7-13(17)10-14(11)15/h2-10H,1H3. The van der Waals surface area contributed by atoms with Gasteiger partial charge in [0.2, 0.25) is 0 Å². The first kappa shape index (κ1) is 10.9. The molecule has 1 heterocycles. The van der Waals surface area contributed by atoms with E-state index in [1.165, 1.54) is 12.1 Å². The molecule has 1 aromatic heterocycles. The molecule has 3 rings (SSSR count). The molecule has 0 saturated heterocycles. The van der Waals surface area contributed by atoms with E-state index in [-0.39, 0.29) is 5.82 Å². The Morgan fingerprint density at radius 1 is 0.944 bits per heavy atom. The molecule has 0 aliphatic rings. The van der Waals surface area contributed by atoms with Crippen LogP contribution in [0.1, 0.15) is 5.56 Å². The van der Waals surface area contributed by atoms with Gasteiger partial charge >= 0.3 is 0 Å². The van der Waals surface area contributed by atoms with Crippen molar-refractivity contribution in [3.63, 3.8) is 0 Å². The molecule has 0 aliphatic heterocycles. The van der Waals surface area contributed by atoms with E-state index < -0.39 is 0 Å². The first-order valence-electron chi connectivity index (χ1n) is 5.86. The van der Waals surface area contributed by atoms with Gasteiger partial charge in [0.15, 0.2) is 0 Å². The summed E-state index contributed by atoms with van der Waals surface area (Å²) < 4.78 is 13.2. The number of halogens is 1. The highest BCUT2D eigenvalue weighted by molar-refractivity contribution is 5.85. The van der Waals surface area contributed by atoms with E-state index in [1.54, 1.807) is 6.07 Å². The monoisotopic (exact) mass is 237 g/mol. The third kappa shape index (κ3) is 1.86. The topological polar surface area (TPSA) is 12.9 Å². The Hall–Kier alpha value is -2.22. The summed E-state index contributed by atoms with van der Waals surface area (Å²) in [6.07, 6.45) is 0. The van der Waals surface area contributed by atoms with E-state index >= 15 is 0 Å². The van der Waals surface area contributed by atoms with Crippen molar-refractivity contribution in [1.82, 2.24) is 4.98 Å². The second-order valence-corrected chi connectivity index (χ2v) is 4.35. The van der Waals surface area contributed by atoms with Crippen molar-refractivity contribution in [2.24, 2.45) is 0 Å². The van der Waals surface area contributed by atoms with Crippen LogP contribution in [-0.2, 0) is 0 Å². The number of rotatable bonds is 1. The fourth-order valence-corrected chi connectivity index (χ4v) is 2.12. The number of pyridine rings is 1. The van der Waals surface area contributed by atoms with E-state index in [4.69, 9.17) is 0 Å². The van der Waals surface area contributed by atoms with Crippen molar-refractivity contribution in [1.29, 1.82) is 0 Å². The number of hydrogen-bond donors (Lipinski definition) is 0. The average molecular weight is 237 g/mol. The molecule has 0 atom stereocenters. The van der Waals surface area contributed by atoms with Gasteiger partial charge in [-0.15, -0.1) is 0 Å². The minimum absolute atomic E-state index is 0.222. The van der Waals surface area contributed by atoms with Gasteiger partial charge in [-0.1, -0.05) is 30.3 Å². The summed E-state index contributed by atoms with van der Waals surface area (Å²) in [4.78, 5) is 4.58. The minimum atomic E-state index is -0.222. The van der Waals surface area contributed by atoms with Crippen LogP contribution in [0.4, 0.5) is 4.39 Å². The Bertz CT molecular complexity index is 705. The quantitative estimate of drug-likeness (QED) is 0.613. The molecular weight excluding hydrogens is 225 g/mol. The Labute approximate surface area is 105 Å². The van der Waals surface area contributed by atoms with Crippen molar-refractivity contribution < 1.29 is 4.39 Å². The first-order valence-corrected chi connectivity index (χ1v) is 5.86. The van der Waals surface area contributed by atoms with Gasteiger partial charge in [-0.2, -0.15) is 0 Å². The largest absolute Gasteiger partial charge is 0.248 e. The van der Waals surface area contributed by atoms with Crippen molar-refractivity contribution in [3.05, 3.63) is 66.0 Å². The second-order valence-electron chi connectivity index (χ2n) is 4.35. The maximum absolute atomic E-state index is 13.2. The van der Waals surface area contributed by atoms with Crippen LogP contribution in [0.15, 0.2) is 54.6 Å². The third-order valence-corrected chi connectivity index (χ3v) is 3.05. The number of fused-ring (bicyclic) bond motifs is 1. The minimum Gasteiger partial charge on any atom is -0.248 e. The molecule has 3 aromatic rings. The van der Waals surface area contributed by atoms with Gasteiger partial charge < -0.3 is 0 Å². The molecule has 0 saturated carbocycles. The zero-order valence-corrected chi connectivity index (χ0v) is 10.0. The molecule has 1 nitrogen and oxygen atoms in total. The number of hydrogen-bond acceptors (Lipinski definition) is 1. The number of benzene rings is 2. The van der Waals surface area contributed by atoms with Gasteiger partial charge in [0.1, 0.15) is 5.82 Å². The van der Waals surface area contributed by atoms with Crippen LogP contribution < -0.4 is 0 Å². The highest BCUT2D eigenvalue weighted by Crippen LogP contribution is 2.24. The Kier molecular flexibility index (Phi) is 2.56. The number of aryl methyl sites for hydroxylation is 1. The van der Waals surface area contributed by atoms with Gasteiger partial charge in [0.05, 0.1) is 11.2 Å². The molecule has 2 heteroatoms. The lowest BCUT2D eigenvalue weighted by atomic mass is 10.1. The molecule has 18 heavy (non-hydrogen) atoms. The summed E-state index contributed by atoms with van der Waals surface area (Å²) in [5.74, 6) is -0.222. The number of aromatic nitrogens is 1. The average Bonchev–Trinajstić information content (AvgIpc) is 2.40. The summed E-state index contributed by atoms with van der Waals surface area (Å²) >= 11 is 0. The van der Waals surface area contributed by atoms with Crippen LogP contribution in [0, 0.1) is 12.7 Å². The van der Waals surface area contributed by atoms with Crippen LogP contribution in [0.5, 0.6) is 0 Å². The van der Waals surface area contributed by atoms with E-state index in [0.29, 0.717) is 0 Å². The number of nitrogens with zero attached hydrogens (tertiary/aromatic N) is 1. The smallest absolute Gasteiger partial charge is 0.123 e. The third-order valence-electron chi connectivity index (χ3n) is 3.05. The molecule has 0 bridgehead atoms. The lowest BCUT2D eigenvalue weighted by molar-refractivity contribution is 0.629. The van der Waals surface area contributed by atoms with Crippen LogP contribution in [0.25, 0.3) is 22.2 Å². The Morgan fingerprint density at radius 3 is 2.50 bits per heavy atom. The molecule has 0 unspecified atom stereocenters. The normalized spacial score (nSPS) is 10.8. The van der Waals surface area contributed by atoms with E-state index in [9.17, 15) is 4.39 Å². The fourth-order valence-electron chi connectivity index (χ4n) is 2.12. The SMILES string of the molecule is Cc1cc(-c2ccccc2)nc2ccc(F)cc12. The summed E-state index contributed by atoms with van der Waals surface area (Å²) in [5, 5.41) is 0.870. The second kappa shape index (κ2) is 4.22. The zero-order chi connectivity index (χ0) is 12.5. The summed E-state index contributed by atoms with van der Waals surface area (Å²) in [5.41, 5.74) is 3.87. The van der Waals surface area contributed by atoms with Crippen molar-refractivity contribution in [2.45, 2.75) is 6.92 Å². The molecule has 0 amide bonds. The Balaban J connectivity index is 2.25. The van der Waals surface area contributed by atoms with Gasteiger partial charge in [0, 0.05) is 10.9 Å². The van der Waals surface area contributed by atoms with Crippen molar-refractivity contribution in [2.75, 3.05) is 0 Å². The van der Waals surface area contributed by atoms with E-state index in [1.807, 2.05) is 43.3 Å². The molecular formula is C16H12FN. The van der Waals surface area contributed by atoms with Crippen LogP contribution >= 0.6 is 0 Å². The van der Waals surface area contributed by atoms with Crippen molar-refractivity contribution >= 4 is 10.9 Å². The zero-order valence-electron chi connectivity index (χ0n) is 10.0. The van der Waals surface area contributed by atoms with Crippen LogP contribution in [-0.4, -0.2) is 4.98 Å². The first-order chi connectivity index (χ1) is 8.74. The highest BCUT2D eigenvalue weighted by atomic mass is 19.1. The maximum atomic E-state index is 13.2. The lowest BCUT2D eigenvalue weighted by Gasteiger charge is -2.06. The maximum Gasteiger partial charge on any atom is 0.123 e. The predicted molar refractivity (Wildman–Crippen MR) is 71.9 cm³/mol. The van der Waals surface area contributed by atoms with Gasteiger partial charge in [0.25, 0.3) is 0 Å². The van der Waals surface area contributed by atoms with Crippen molar-refractivity contribution in [3.8, 4) is 11.3 Å². The van der Waals surface area contributed by atoms with Crippen LogP contribution in [0.2, 0.25) is 0 Å². The molecule has 0 N–H and O–H groups in total. The summed E-state index contributed by atoms with van der Waals surface area (Å²) in [6.45, 7) is 1.98. The van der Waals surface area contributed by atoms with Crippen LogP contribution in [0.3, 0.4) is 0 Å². The van der Waals surface area contributed by atoms with Gasteiger partial charge in [-0.3, -0.25) is 0 Å². The van der Waals surface area contributed by atoms with Gasteiger partial charge in [-0.25, -0.2) is 9.37 Å². The van der Waals surface area contributed by atoms with E-state index in [2.05, 4.69) is 4.98 Å². The predicted octanol–water partition coefficient (Wildman–Crippen LogP) is 4.35. The molecule has 0 aliphatic carbocycles. The summed E-state index contributed by atoms with van der Waals surface area (Å²) in [6, 6.07) is 16.7. The molecule has 0 spiro atoms.